The van der Waals surface area contributed by atoms with Gasteiger partial charge in [-0.25, -0.2) is 9.97 Å². The third kappa shape index (κ3) is 3.93. The number of hydrogen-bond acceptors (Lipinski definition) is 6. The molecule has 0 bridgehead atoms. The first-order chi connectivity index (χ1) is 12.3. The molecule has 0 spiro atoms. The minimum absolute atomic E-state index is 0.0448. The third-order valence-electron chi connectivity index (χ3n) is 5.59. The number of anilines is 1. The lowest BCUT2D eigenvalue weighted by atomic mass is 9.91. The summed E-state index contributed by atoms with van der Waals surface area (Å²) in [7, 11) is 0. The predicted molar refractivity (Wildman–Crippen MR) is 92.2 cm³/mol. The van der Waals surface area contributed by atoms with Gasteiger partial charge in [-0.3, -0.25) is 4.79 Å². The quantitative estimate of drug-likeness (QED) is 0.877. The Morgan fingerprint density at radius 1 is 1.24 bits per heavy atom. The van der Waals surface area contributed by atoms with Crippen LogP contribution in [0.1, 0.15) is 25.7 Å². The van der Waals surface area contributed by atoms with Crippen molar-refractivity contribution in [2.24, 2.45) is 11.8 Å². The van der Waals surface area contributed by atoms with Gasteiger partial charge in [0, 0.05) is 45.2 Å². The molecule has 0 radical (unpaired) electrons. The van der Waals surface area contributed by atoms with Gasteiger partial charge >= 0.3 is 0 Å². The van der Waals surface area contributed by atoms with Gasteiger partial charge in [-0.05, 0) is 43.6 Å². The number of piperidine rings is 1. The number of rotatable bonds is 4. The van der Waals surface area contributed by atoms with Gasteiger partial charge in [0.2, 0.25) is 11.9 Å². The second-order valence-electron chi connectivity index (χ2n) is 7.24. The van der Waals surface area contributed by atoms with Crippen molar-refractivity contribution in [3.8, 4) is 0 Å². The van der Waals surface area contributed by atoms with E-state index in [1.54, 1.807) is 12.4 Å². The molecule has 4 heterocycles. The second kappa shape index (κ2) is 7.66. The molecule has 7 nitrogen and oxygen atoms in total. The molecular weight excluding hydrogens is 320 g/mol. The molecule has 1 N–H and O–H groups in total. The van der Waals surface area contributed by atoms with Crippen LogP contribution < -0.4 is 10.2 Å². The fourth-order valence-electron chi connectivity index (χ4n) is 4.04. The fraction of sp³-hybridized carbons (Fsp3) is 0.722. The van der Waals surface area contributed by atoms with E-state index in [1.807, 2.05) is 6.07 Å². The fourth-order valence-corrected chi connectivity index (χ4v) is 4.04. The number of hydrogen-bond donors (Lipinski definition) is 1. The van der Waals surface area contributed by atoms with E-state index in [4.69, 9.17) is 9.47 Å². The van der Waals surface area contributed by atoms with Gasteiger partial charge in [0.25, 0.3) is 0 Å². The van der Waals surface area contributed by atoms with E-state index in [0.717, 1.165) is 64.5 Å². The maximum Gasteiger partial charge on any atom is 0.249 e. The number of fused-ring (bicyclic) bond motifs is 1. The van der Waals surface area contributed by atoms with Crippen molar-refractivity contribution < 1.29 is 14.3 Å². The van der Waals surface area contributed by atoms with E-state index >= 15 is 0 Å². The van der Waals surface area contributed by atoms with Crippen molar-refractivity contribution in [3.05, 3.63) is 18.5 Å². The molecule has 1 aromatic rings. The second-order valence-corrected chi connectivity index (χ2v) is 7.24. The largest absolute Gasteiger partial charge is 0.381 e. The number of aromatic nitrogens is 2. The highest BCUT2D eigenvalue weighted by Gasteiger charge is 2.42. The molecule has 136 valence electrons. The highest BCUT2D eigenvalue weighted by Crippen LogP contribution is 2.34. The molecule has 3 fully saturated rings. The van der Waals surface area contributed by atoms with Crippen LogP contribution in [0.15, 0.2) is 18.5 Å². The zero-order valence-corrected chi connectivity index (χ0v) is 14.5. The molecular formula is C18H26N4O3. The monoisotopic (exact) mass is 346 g/mol. The molecule has 0 unspecified atom stereocenters. The summed E-state index contributed by atoms with van der Waals surface area (Å²) in [5, 5.41) is 3.09. The summed E-state index contributed by atoms with van der Waals surface area (Å²) < 4.78 is 11.4. The van der Waals surface area contributed by atoms with Crippen molar-refractivity contribution in [2.45, 2.75) is 37.9 Å². The Balaban J connectivity index is 1.28. The molecule has 7 heteroatoms. The molecule has 1 amide bonds. The normalized spacial score (nSPS) is 30.1. The summed E-state index contributed by atoms with van der Waals surface area (Å²) in [6.45, 7) is 4.04. The Labute approximate surface area is 148 Å². The van der Waals surface area contributed by atoms with Crippen molar-refractivity contribution in [2.75, 3.05) is 37.7 Å². The number of nitrogens with zero attached hydrogens (tertiary/aromatic N) is 3. The van der Waals surface area contributed by atoms with Gasteiger partial charge in [0.15, 0.2) is 0 Å². The Hall–Kier alpha value is -1.73. The summed E-state index contributed by atoms with van der Waals surface area (Å²) in [6.07, 6.45) is 7.21. The first-order valence-corrected chi connectivity index (χ1v) is 9.32. The van der Waals surface area contributed by atoms with Gasteiger partial charge in [-0.2, -0.15) is 0 Å². The lowest BCUT2D eigenvalue weighted by Gasteiger charge is -2.33. The lowest BCUT2D eigenvalue weighted by molar-refractivity contribution is -0.132. The van der Waals surface area contributed by atoms with Crippen LogP contribution in [0, 0.1) is 11.8 Å². The van der Waals surface area contributed by atoms with E-state index in [0.29, 0.717) is 11.8 Å². The Bertz CT molecular complexity index is 579. The molecule has 0 aromatic carbocycles. The lowest BCUT2D eigenvalue weighted by Crippen LogP contribution is -2.43. The number of nitrogens with one attached hydrogen (secondary N) is 1. The van der Waals surface area contributed by atoms with Crippen LogP contribution in [0.4, 0.5) is 5.95 Å². The molecule has 1 aromatic heterocycles. The average Bonchev–Trinajstić information content (AvgIpc) is 3.11. The first kappa shape index (κ1) is 16.7. The zero-order chi connectivity index (χ0) is 17.1. The van der Waals surface area contributed by atoms with Crippen LogP contribution in [0.25, 0.3) is 0 Å². The summed E-state index contributed by atoms with van der Waals surface area (Å²) >= 11 is 0. The zero-order valence-electron chi connectivity index (χ0n) is 14.5. The number of ether oxygens (including phenoxy) is 2. The topological polar surface area (TPSA) is 76.6 Å². The number of carbonyl (C=O) groups excluding carboxylic acids is 1. The SMILES string of the molecule is O=C(NCC1CCOCC1)[C@@H]1C[C@@H]2CCN(c3ncccn3)C[C@H]2O1. The highest BCUT2D eigenvalue weighted by atomic mass is 16.5. The third-order valence-corrected chi connectivity index (χ3v) is 5.59. The smallest absolute Gasteiger partial charge is 0.249 e. The maximum absolute atomic E-state index is 12.5. The van der Waals surface area contributed by atoms with E-state index in [2.05, 4.69) is 20.2 Å². The van der Waals surface area contributed by atoms with Crippen LogP contribution in [0.3, 0.4) is 0 Å². The van der Waals surface area contributed by atoms with E-state index in [-0.39, 0.29) is 18.1 Å². The summed E-state index contributed by atoms with van der Waals surface area (Å²) in [5.41, 5.74) is 0. The standard InChI is InChI=1S/C18H26N4O3/c23-17(21-11-13-3-8-24-9-4-13)15-10-14-2-7-22(12-16(14)25-15)18-19-5-1-6-20-18/h1,5-6,13-16H,2-4,7-12H2,(H,21,23)/t14-,15-,16+/m0/s1. The first-order valence-electron chi connectivity index (χ1n) is 9.32. The Morgan fingerprint density at radius 3 is 2.84 bits per heavy atom. The van der Waals surface area contributed by atoms with Crippen LogP contribution in [0.2, 0.25) is 0 Å². The molecule has 0 aliphatic carbocycles. The number of carbonyl (C=O) groups is 1. The molecule has 3 aliphatic heterocycles. The van der Waals surface area contributed by atoms with Gasteiger partial charge in [-0.1, -0.05) is 0 Å². The summed E-state index contributed by atoms with van der Waals surface area (Å²) in [5.74, 6) is 1.78. The Morgan fingerprint density at radius 2 is 2.04 bits per heavy atom. The molecule has 25 heavy (non-hydrogen) atoms. The van der Waals surface area contributed by atoms with Gasteiger partial charge in [0.1, 0.15) is 6.10 Å². The molecule has 3 saturated heterocycles. The van der Waals surface area contributed by atoms with Crippen molar-refractivity contribution in [1.82, 2.24) is 15.3 Å². The van der Waals surface area contributed by atoms with E-state index < -0.39 is 0 Å². The molecule has 0 saturated carbocycles. The van der Waals surface area contributed by atoms with Gasteiger partial charge in [-0.15, -0.1) is 0 Å². The average molecular weight is 346 g/mol. The van der Waals surface area contributed by atoms with Crippen molar-refractivity contribution in [3.63, 3.8) is 0 Å². The van der Waals surface area contributed by atoms with Gasteiger partial charge < -0.3 is 19.7 Å². The Kier molecular flexibility index (Phi) is 5.12. The molecule has 3 atom stereocenters. The number of amides is 1. The van der Waals surface area contributed by atoms with Gasteiger partial charge in [0.05, 0.1) is 6.10 Å². The molecule has 4 rings (SSSR count). The maximum atomic E-state index is 12.5. The summed E-state index contributed by atoms with van der Waals surface area (Å²) in [6, 6.07) is 1.82. The molecule has 3 aliphatic rings. The van der Waals surface area contributed by atoms with Crippen LogP contribution >= 0.6 is 0 Å². The highest BCUT2D eigenvalue weighted by molar-refractivity contribution is 5.81. The minimum Gasteiger partial charge on any atom is -0.381 e. The van der Waals surface area contributed by atoms with E-state index in [9.17, 15) is 4.79 Å². The summed E-state index contributed by atoms with van der Waals surface area (Å²) in [4.78, 5) is 23.3. The van der Waals surface area contributed by atoms with Crippen LogP contribution in [0.5, 0.6) is 0 Å². The van der Waals surface area contributed by atoms with Crippen molar-refractivity contribution >= 4 is 11.9 Å². The predicted octanol–water partition coefficient (Wildman–Crippen LogP) is 1.00. The van der Waals surface area contributed by atoms with Crippen LogP contribution in [-0.4, -0.2) is 60.9 Å². The van der Waals surface area contributed by atoms with Crippen molar-refractivity contribution in [1.29, 1.82) is 0 Å². The van der Waals surface area contributed by atoms with Crippen LogP contribution in [-0.2, 0) is 14.3 Å². The van der Waals surface area contributed by atoms with E-state index in [1.165, 1.54) is 0 Å². The minimum atomic E-state index is -0.313.